The van der Waals surface area contributed by atoms with E-state index in [0.717, 1.165) is 5.69 Å². The molecule has 0 bridgehead atoms. The van der Waals surface area contributed by atoms with Crippen molar-refractivity contribution in [2.75, 3.05) is 18.5 Å². The normalized spacial score (nSPS) is 16.2. The zero-order valence-corrected chi connectivity index (χ0v) is 11.0. The van der Waals surface area contributed by atoms with Gasteiger partial charge in [-0.3, -0.25) is 5.32 Å². The minimum atomic E-state index is -0.617. The van der Waals surface area contributed by atoms with Crippen molar-refractivity contribution in [1.29, 1.82) is 0 Å². The lowest BCUT2D eigenvalue weighted by molar-refractivity contribution is -0.0532. The molecule has 1 aromatic carbocycles. The van der Waals surface area contributed by atoms with Crippen LogP contribution in [-0.4, -0.2) is 24.5 Å². The maximum atomic E-state index is 11.7. The Kier molecular flexibility index (Phi) is 3.15. The molecule has 1 aliphatic rings. The molecule has 0 unspecified atom stereocenters. The molecular weight excluding hydrogens is 260 g/mol. The number of hydrogen-bond donors (Lipinski definition) is 1. The van der Waals surface area contributed by atoms with Gasteiger partial charge in [0.05, 0.1) is 24.3 Å². The summed E-state index contributed by atoms with van der Waals surface area (Å²) in [5.41, 5.74) is 0.631. The van der Waals surface area contributed by atoms with Crippen molar-refractivity contribution in [1.82, 2.24) is 5.16 Å². The lowest BCUT2D eigenvalue weighted by atomic mass is 9.85. The summed E-state index contributed by atoms with van der Waals surface area (Å²) in [4.78, 5) is 11.7. The lowest BCUT2D eigenvalue weighted by Gasteiger charge is -2.35. The molecule has 104 valence electrons. The number of benzene rings is 1. The number of carbonyl (C=O) groups is 1. The highest BCUT2D eigenvalue weighted by molar-refractivity contribution is 5.84. The van der Waals surface area contributed by atoms with Crippen LogP contribution >= 0.6 is 0 Å². The fourth-order valence-corrected chi connectivity index (χ4v) is 1.90. The topological polar surface area (TPSA) is 73.6 Å². The molecule has 1 N–H and O–H groups in total. The third-order valence-corrected chi connectivity index (χ3v) is 3.15. The number of anilines is 1. The second kappa shape index (κ2) is 4.97. The summed E-state index contributed by atoms with van der Waals surface area (Å²) >= 11 is 0. The Bertz CT molecular complexity index is 605. The van der Waals surface area contributed by atoms with Crippen LogP contribution in [0.2, 0.25) is 0 Å². The summed E-state index contributed by atoms with van der Waals surface area (Å²) in [6, 6.07) is 10.5. The van der Waals surface area contributed by atoms with Gasteiger partial charge in [0.1, 0.15) is 5.75 Å². The highest BCUT2D eigenvalue weighted by Crippen LogP contribution is 2.32. The Hall–Kier alpha value is -2.34. The van der Waals surface area contributed by atoms with Gasteiger partial charge in [0.2, 0.25) is 5.88 Å². The minimum Gasteiger partial charge on any atom is -0.410 e. The monoisotopic (exact) mass is 274 g/mol. The molecule has 0 aliphatic carbocycles. The molecule has 1 amide bonds. The van der Waals surface area contributed by atoms with E-state index in [2.05, 4.69) is 10.5 Å². The van der Waals surface area contributed by atoms with Crippen molar-refractivity contribution in [2.24, 2.45) is 0 Å². The summed E-state index contributed by atoms with van der Waals surface area (Å²) < 4.78 is 15.3. The van der Waals surface area contributed by atoms with Crippen molar-refractivity contribution in [3.8, 4) is 5.75 Å². The summed E-state index contributed by atoms with van der Waals surface area (Å²) in [5, 5.41) is 6.44. The Morgan fingerprint density at radius 2 is 2.10 bits per heavy atom. The molecule has 0 radical (unpaired) electrons. The first-order chi connectivity index (χ1) is 9.66. The fraction of sp³-hybridized carbons (Fsp3) is 0.286. The molecular formula is C14H14N2O4. The molecule has 1 aliphatic heterocycles. The Labute approximate surface area is 115 Å². The first-order valence-electron chi connectivity index (χ1n) is 6.25. The van der Waals surface area contributed by atoms with Crippen LogP contribution in [0.4, 0.5) is 10.7 Å². The third-order valence-electron chi connectivity index (χ3n) is 3.15. The Balaban J connectivity index is 1.62. The highest BCUT2D eigenvalue weighted by Gasteiger charge is 2.38. The molecule has 1 saturated heterocycles. The molecule has 3 rings (SSSR count). The fourth-order valence-electron chi connectivity index (χ4n) is 1.90. The van der Waals surface area contributed by atoms with Gasteiger partial charge in [-0.1, -0.05) is 23.4 Å². The number of amides is 1. The van der Waals surface area contributed by atoms with Crippen LogP contribution in [0.3, 0.4) is 0 Å². The van der Waals surface area contributed by atoms with E-state index in [9.17, 15) is 4.79 Å². The van der Waals surface area contributed by atoms with Gasteiger partial charge >= 0.3 is 6.09 Å². The quantitative estimate of drug-likeness (QED) is 0.931. The maximum Gasteiger partial charge on any atom is 0.419 e. The zero-order chi connectivity index (χ0) is 14.0. The summed E-state index contributed by atoms with van der Waals surface area (Å²) in [6.45, 7) is 3.24. The number of para-hydroxylation sites is 1. The molecule has 6 heteroatoms. The van der Waals surface area contributed by atoms with E-state index in [1.54, 1.807) is 30.3 Å². The summed E-state index contributed by atoms with van der Waals surface area (Å²) in [6.07, 6.45) is -0.617. The number of hydrogen-bond acceptors (Lipinski definition) is 5. The van der Waals surface area contributed by atoms with E-state index in [1.807, 2.05) is 13.0 Å². The van der Waals surface area contributed by atoms with E-state index in [-0.39, 0.29) is 11.3 Å². The lowest BCUT2D eigenvalue weighted by Crippen LogP contribution is -2.44. The summed E-state index contributed by atoms with van der Waals surface area (Å²) in [5.74, 6) is 0.721. The van der Waals surface area contributed by atoms with Gasteiger partial charge in [-0.2, -0.15) is 0 Å². The van der Waals surface area contributed by atoms with Crippen molar-refractivity contribution in [3.63, 3.8) is 0 Å². The predicted molar refractivity (Wildman–Crippen MR) is 70.8 cm³/mol. The van der Waals surface area contributed by atoms with Crippen molar-refractivity contribution in [3.05, 3.63) is 42.1 Å². The number of carbonyl (C=O) groups excluding carboxylic acids is 1. The average Bonchev–Trinajstić information content (AvgIpc) is 2.85. The van der Waals surface area contributed by atoms with Crippen LogP contribution in [0, 0.1) is 0 Å². The first kappa shape index (κ1) is 12.7. The van der Waals surface area contributed by atoms with Gasteiger partial charge in [0, 0.05) is 6.07 Å². The number of nitrogens with zero attached hydrogens (tertiary/aromatic N) is 1. The standard InChI is InChI=1S/C14H14N2O4/c1-14(8-18-9-14)11-7-12(20-16-11)15-13(17)19-10-5-3-2-4-6-10/h2-7H,8-9H2,1H3,(H,15,17). The predicted octanol–water partition coefficient (Wildman–Crippen LogP) is 2.57. The number of ether oxygens (including phenoxy) is 2. The van der Waals surface area contributed by atoms with Gasteiger partial charge in [0.15, 0.2) is 0 Å². The van der Waals surface area contributed by atoms with Crippen molar-refractivity contribution >= 4 is 12.0 Å². The van der Waals surface area contributed by atoms with E-state index < -0.39 is 6.09 Å². The number of nitrogens with one attached hydrogen (secondary N) is 1. The first-order valence-corrected chi connectivity index (χ1v) is 6.25. The SMILES string of the molecule is CC1(c2cc(NC(=O)Oc3ccccc3)on2)COC1. The maximum absolute atomic E-state index is 11.7. The van der Waals surface area contributed by atoms with Crippen LogP contribution in [-0.2, 0) is 10.2 Å². The zero-order valence-electron chi connectivity index (χ0n) is 11.0. The van der Waals surface area contributed by atoms with Crippen molar-refractivity contribution in [2.45, 2.75) is 12.3 Å². The molecule has 2 aromatic rings. The smallest absolute Gasteiger partial charge is 0.410 e. The third kappa shape index (κ3) is 2.50. The average molecular weight is 274 g/mol. The van der Waals surface area contributed by atoms with Crippen LogP contribution in [0.5, 0.6) is 5.75 Å². The second-order valence-corrected chi connectivity index (χ2v) is 4.96. The van der Waals surface area contributed by atoms with Crippen LogP contribution in [0.25, 0.3) is 0 Å². The van der Waals surface area contributed by atoms with Crippen LogP contribution < -0.4 is 10.1 Å². The van der Waals surface area contributed by atoms with Crippen LogP contribution in [0.15, 0.2) is 40.9 Å². The largest absolute Gasteiger partial charge is 0.419 e. The summed E-state index contributed by atoms with van der Waals surface area (Å²) in [7, 11) is 0. The van der Waals surface area contributed by atoms with E-state index in [1.165, 1.54) is 0 Å². The van der Waals surface area contributed by atoms with E-state index >= 15 is 0 Å². The van der Waals surface area contributed by atoms with Gasteiger partial charge < -0.3 is 14.0 Å². The molecule has 2 heterocycles. The number of aromatic nitrogens is 1. The highest BCUT2D eigenvalue weighted by atomic mass is 16.6. The van der Waals surface area contributed by atoms with Crippen LogP contribution in [0.1, 0.15) is 12.6 Å². The Morgan fingerprint density at radius 3 is 2.75 bits per heavy atom. The number of rotatable bonds is 3. The van der Waals surface area contributed by atoms with E-state index in [4.69, 9.17) is 14.0 Å². The molecule has 0 saturated carbocycles. The van der Waals surface area contributed by atoms with Gasteiger partial charge in [-0.05, 0) is 19.1 Å². The molecule has 0 spiro atoms. The molecule has 0 atom stereocenters. The van der Waals surface area contributed by atoms with Crippen molar-refractivity contribution < 1.29 is 18.8 Å². The van der Waals surface area contributed by atoms with Gasteiger partial charge in [-0.25, -0.2) is 4.79 Å². The molecule has 1 aromatic heterocycles. The molecule has 1 fully saturated rings. The van der Waals surface area contributed by atoms with Gasteiger partial charge in [-0.15, -0.1) is 0 Å². The minimum absolute atomic E-state index is 0.132. The Morgan fingerprint density at radius 1 is 1.35 bits per heavy atom. The van der Waals surface area contributed by atoms with E-state index in [0.29, 0.717) is 19.0 Å². The molecule has 20 heavy (non-hydrogen) atoms. The molecule has 6 nitrogen and oxygen atoms in total. The van der Waals surface area contributed by atoms with Gasteiger partial charge in [0.25, 0.3) is 0 Å². The second-order valence-electron chi connectivity index (χ2n) is 4.96.